The van der Waals surface area contributed by atoms with Crippen LogP contribution in [0.5, 0.6) is 0 Å². The van der Waals surface area contributed by atoms with Gasteiger partial charge in [0.15, 0.2) is 0 Å². The van der Waals surface area contributed by atoms with Gasteiger partial charge in [-0.1, -0.05) is 12.1 Å². The zero-order valence-electron chi connectivity index (χ0n) is 14.0. The highest BCUT2D eigenvalue weighted by molar-refractivity contribution is 5.85. The molecular weight excluding hydrogens is 335 g/mol. The van der Waals surface area contributed by atoms with Crippen molar-refractivity contribution in [3.63, 3.8) is 0 Å². The molecule has 0 aliphatic carbocycles. The van der Waals surface area contributed by atoms with Gasteiger partial charge < -0.3 is 9.64 Å². The van der Waals surface area contributed by atoms with E-state index in [2.05, 4.69) is 10.3 Å². The summed E-state index contributed by atoms with van der Waals surface area (Å²) in [5, 5.41) is 2.51. The van der Waals surface area contributed by atoms with Crippen molar-refractivity contribution >= 4 is 17.6 Å². The molecule has 0 aliphatic rings. The number of carbonyl (C=O) groups is 1. The van der Waals surface area contributed by atoms with Crippen LogP contribution in [0.15, 0.2) is 36.4 Å². The lowest BCUT2D eigenvalue weighted by Gasteiger charge is -2.16. The summed E-state index contributed by atoms with van der Waals surface area (Å²) in [6.45, 7) is 1.89. The van der Waals surface area contributed by atoms with Crippen molar-refractivity contribution in [2.24, 2.45) is 0 Å². The first-order valence-electron chi connectivity index (χ1n) is 7.51. The normalized spacial score (nSPS) is 11.1. The van der Waals surface area contributed by atoms with Gasteiger partial charge in [-0.25, -0.2) is 9.78 Å². The number of alkyl halides is 3. The van der Waals surface area contributed by atoms with Crippen molar-refractivity contribution in [1.82, 2.24) is 4.98 Å². The molecule has 0 spiro atoms. The van der Waals surface area contributed by atoms with E-state index in [4.69, 9.17) is 4.74 Å². The maximum absolute atomic E-state index is 13.1. The Balaban J connectivity index is 2.43. The molecule has 1 heterocycles. The summed E-state index contributed by atoms with van der Waals surface area (Å²) in [4.78, 5) is 17.2. The Hall–Kier alpha value is -2.77. The van der Waals surface area contributed by atoms with Gasteiger partial charge in [0, 0.05) is 25.3 Å². The first kappa shape index (κ1) is 18.6. The molecule has 1 N–H and O–H groups in total. The maximum Gasteiger partial charge on any atom is 0.416 e. The Kier molecular flexibility index (Phi) is 5.51. The maximum atomic E-state index is 13.1. The lowest BCUT2D eigenvalue weighted by molar-refractivity contribution is -0.137. The Bertz CT molecular complexity index is 761. The molecule has 0 unspecified atom stereocenters. The zero-order valence-corrected chi connectivity index (χ0v) is 14.0. The van der Waals surface area contributed by atoms with E-state index in [1.165, 1.54) is 4.90 Å². The number of benzene rings is 1. The van der Waals surface area contributed by atoms with E-state index in [0.717, 1.165) is 12.1 Å². The van der Waals surface area contributed by atoms with Gasteiger partial charge in [0.25, 0.3) is 0 Å². The van der Waals surface area contributed by atoms with Crippen LogP contribution in [-0.4, -0.2) is 31.8 Å². The predicted octanol–water partition coefficient (Wildman–Crippen LogP) is 4.40. The van der Waals surface area contributed by atoms with Crippen molar-refractivity contribution in [3.05, 3.63) is 42.0 Å². The highest BCUT2D eigenvalue weighted by Gasteiger charge is 2.32. The van der Waals surface area contributed by atoms with Gasteiger partial charge in [-0.3, -0.25) is 5.32 Å². The summed E-state index contributed by atoms with van der Waals surface area (Å²) >= 11 is 0. The molecule has 2 rings (SSSR count). The third-order valence-corrected chi connectivity index (χ3v) is 3.28. The summed E-state index contributed by atoms with van der Waals surface area (Å²) in [5.74, 6) is 0.188. The Morgan fingerprint density at radius 3 is 2.56 bits per heavy atom. The number of amides is 1. The van der Waals surface area contributed by atoms with Crippen molar-refractivity contribution in [3.8, 4) is 11.3 Å². The average Bonchev–Trinajstić information content (AvgIpc) is 2.54. The molecule has 8 heteroatoms. The average molecular weight is 353 g/mol. The molecule has 134 valence electrons. The zero-order chi connectivity index (χ0) is 18.6. The Morgan fingerprint density at radius 2 is 1.96 bits per heavy atom. The SMILES string of the molecule is CCOC(=O)Nc1cccc(-c2cc(C(F)(F)F)cc(N(C)C)n2)c1. The molecule has 0 atom stereocenters. The highest BCUT2D eigenvalue weighted by atomic mass is 19.4. The molecule has 2 aromatic rings. The van der Waals surface area contributed by atoms with Gasteiger partial charge in [-0.15, -0.1) is 0 Å². The minimum absolute atomic E-state index is 0.158. The fraction of sp³-hybridized carbons (Fsp3) is 0.294. The van der Waals surface area contributed by atoms with E-state index in [9.17, 15) is 18.0 Å². The summed E-state index contributed by atoms with van der Waals surface area (Å²) in [7, 11) is 3.23. The van der Waals surface area contributed by atoms with E-state index in [0.29, 0.717) is 11.3 Å². The minimum atomic E-state index is -4.48. The number of nitrogens with zero attached hydrogens (tertiary/aromatic N) is 2. The first-order valence-corrected chi connectivity index (χ1v) is 7.51. The van der Waals surface area contributed by atoms with Crippen LogP contribution in [0.3, 0.4) is 0 Å². The quantitative estimate of drug-likeness (QED) is 0.885. The molecule has 1 amide bonds. The minimum Gasteiger partial charge on any atom is -0.450 e. The van der Waals surface area contributed by atoms with E-state index >= 15 is 0 Å². The van der Waals surface area contributed by atoms with Gasteiger partial charge >= 0.3 is 12.3 Å². The number of ether oxygens (including phenoxy) is 1. The number of anilines is 2. The highest BCUT2D eigenvalue weighted by Crippen LogP contribution is 2.34. The number of aromatic nitrogens is 1. The van der Waals surface area contributed by atoms with Gasteiger partial charge in [0.2, 0.25) is 0 Å². The third-order valence-electron chi connectivity index (χ3n) is 3.28. The van der Waals surface area contributed by atoms with Gasteiger partial charge in [-0.05, 0) is 31.2 Å². The van der Waals surface area contributed by atoms with E-state index < -0.39 is 17.8 Å². The van der Waals surface area contributed by atoms with Gasteiger partial charge in [-0.2, -0.15) is 13.2 Å². The molecule has 5 nitrogen and oxygen atoms in total. The van der Waals surface area contributed by atoms with Crippen LogP contribution >= 0.6 is 0 Å². The van der Waals surface area contributed by atoms with Crippen LogP contribution in [0.2, 0.25) is 0 Å². The molecular formula is C17H18F3N3O2. The summed E-state index contributed by atoms with van der Waals surface area (Å²) in [6.07, 6.45) is -5.12. The van der Waals surface area contributed by atoms with Crippen LogP contribution in [0, 0.1) is 0 Å². The standard InChI is InChI=1S/C17H18F3N3O2/c1-4-25-16(24)21-13-7-5-6-11(8-13)14-9-12(17(18,19)20)10-15(22-14)23(2)3/h5-10H,4H2,1-3H3,(H,21,24). The van der Waals surface area contributed by atoms with Crippen molar-refractivity contribution in [1.29, 1.82) is 0 Å². The van der Waals surface area contributed by atoms with Crippen LogP contribution in [0.4, 0.5) is 29.5 Å². The first-order chi connectivity index (χ1) is 11.7. The largest absolute Gasteiger partial charge is 0.450 e. The van der Waals surface area contributed by atoms with Gasteiger partial charge in [0.1, 0.15) is 5.82 Å². The second-order valence-corrected chi connectivity index (χ2v) is 5.42. The molecule has 25 heavy (non-hydrogen) atoms. The van der Waals surface area contributed by atoms with Crippen LogP contribution in [0.1, 0.15) is 12.5 Å². The smallest absolute Gasteiger partial charge is 0.416 e. The van der Waals surface area contributed by atoms with E-state index in [1.807, 2.05) is 0 Å². The van der Waals surface area contributed by atoms with E-state index in [-0.39, 0.29) is 18.1 Å². The summed E-state index contributed by atoms with van der Waals surface area (Å²) in [5.41, 5.74) is 0.223. The van der Waals surface area contributed by atoms with E-state index in [1.54, 1.807) is 45.3 Å². The monoisotopic (exact) mass is 353 g/mol. The number of halogens is 3. The molecule has 0 radical (unpaired) electrons. The van der Waals surface area contributed by atoms with Gasteiger partial charge in [0.05, 0.1) is 17.9 Å². The number of hydrogen-bond donors (Lipinski definition) is 1. The lowest BCUT2D eigenvalue weighted by Crippen LogP contribution is -2.14. The number of rotatable bonds is 4. The molecule has 0 saturated heterocycles. The van der Waals surface area contributed by atoms with Crippen molar-refractivity contribution < 1.29 is 22.7 Å². The van der Waals surface area contributed by atoms with Crippen molar-refractivity contribution in [2.75, 3.05) is 30.9 Å². The fourth-order valence-electron chi connectivity index (χ4n) is 2.10. The number of pyridine rings is 1. The predicted molar refractivity (Wildman–Crippen MR) is 89.6 cm³/mol. The van der Waals surface area contributed by atoms with Crippen molar-refractivity contribution in [2.45, 2.75) is 13.1 Å². The second kappa shape index (κ2) is 7.42. The number of carbonyl (C=O) groups excluding carboxylic acids is 1. The number of hydrogen-bond acceptors (Lipinski definition) is 4. The molecule has 0 aliphatic heterocycles. The fourth-order valence-corrected chi connectivity index (χ4v) is 2.10. The third kappa shape index (κ3) is 4.85. The van der Waals surface area contributed by atoms with Crippen LogP contribution in [0.25, 0.3) is 11.3 Å². The number of nitrogens with one attached hydrogen (secondary N) is 1. The Morgan fingerprint density at radius 1 is 1.24 bits per heavy atom. The second-order valence-electron chi connectivity index (χ2n) is 5.42. The Labute approximate surface area is 143 Å². The van der Waals surface area contributed by atoms with Crippen LogP contribution in [-0.2, 0) is 10.9 Å². The molecule has 0 saturated carbocycles. The summed E-state index contributed by atoms with van der Waals surface area (Å²) < 4.78 is 44.2. The molecule has 1 aromatic carbocycles. The lowest BCUT2D eigenvalue weighted by atomic mass is 10.1. The molecule has 0 fully saturated rings. The van der Waals surface area contributed by atoms with Crippen LogP contribution < -0.4 is 10.2 Å². The molecule has 0 bridgehead atoms. The summed E-state index contributed by atoms with van der Waals surface area (Å²) in [6, 6.07) is 8.37. The molecule has 1 aromatic heterocycles. The topological polar surface area (TPSA) is 54.5 Å².